The fourth-order valence-electron chi connectivity index (χ4n) is 3.12. The van der Waals surface area contributed by atoms with E-state index in [-0.39, 0.29) is 30.4 Å². The van der Waals surface area contributed by atoms with Gasteiger partial charge in [0.05, 0.1) is 31.7 Å². The molecule has 1 aliphatic carbocycles. The number of ether oxygens (including phenoxy) is 4. The number of nitrogens with one attached hydrogen (secondary N) is 2. The van der Waals surface area contributed by atoms with Gasteiger partial charge in [-0.05, 0) is 30.7 Å². The maximum absolute atomic E-state index is 12.5. The first kappa shape index (κ1) is 18.0. The molecule has 0 aromatic heterocycles. The standard InChI is InChI=1S/C20H20N2O6/c1-25-12-4-6-16(26-2)15(8-12)22-20(24)14-9-13(14)19(23)21-11-3-5-17-18(7-11)28-10-27-17/h3-8,13-14H,9-10H2,1-2H3,(H,21,23)(H,22,24). The largest absolute Gasteiger partial charge is 0.497 e. The summed E-state index contributed by atoms with van der Waals surface area (Å²) in [4.78, 5) is 25.0. The molecule has 1 fully saturated rings. The number of hydrogen-bond acceptors (Lipinski definition) is 6. The van der Waals surface area contributed by atoms with Crippen LogP contribution < -0.4 is 29.6 Å². The normalized spacial score (nSPS) is 18.9. The first-order valence-corrected chi connectivity index (χ1v) is 8.82. The van der Waals surface area contributed by atoms with Crippen molar-refractivity contribution in [2.75, 3.05) is 31.6 Å². The molecule has 2 aliphatic rings. The van der Waals surface area contributed by atoms with Gasteiger partial charge in [-0.1, -0.05) is 0 Å². The molecule has 2 aromatic carbocycles. The van der Waals surface area contributed by atoms with Crippen molar-refractivity contribution in [1.29, 1.82) is 0 Å². The number of amides is 2. The van der Waals surface area contributed by atoms with Gasteiger partial charge in [0.25, 0.3) is 0 Å². The van der Waals surface area contributed by atoms with Crippen LogP contribution in [-0.4, -0.2) is 32.8 Å². The van der Waals surface area contributed by atoms with Crippen LogP contribution in [0.1, 0.15) is 6.42 Å². The highest BCUT2D eigenvalue weighted by Crippen LogP contribution is 2.42. The topological polar surface area (TPSA) is 95.1 Å². The van der Waals surface area contributed by atoms with Gasteiger partial charge in [0.1, 0.15) is 11.5 Å². The number of anilines is 2. The Kier molecular flexibility index (Phi) is 4.68. The smallest absolute Gasteiger partial charge is 0.231 e. The lowest BCUT2D eigenvalue weighted by atomic mass is 10.2. The first-order valence-electron chi connectivity index (χ1n) is 8.82. The molecule has 2 atom stereocenters. The average Bonchev–Trinajstić information content (AvgIpc) is 3.38. The maximum Gasteiger partial charge on any atom is 0.231 e. The molecule has 0 spiro atoms. The minimum atomic E-state index is -0.384. The van der Waals surface area contributed by atoms with Crippen molar-refractivity contribution in [1.82, 2.24) is 0 Å². The van der Waals surface area contributed by atoms with E-state index >= 15 is 0 Å². The van der Waals surface area contributed by atoms with Gasteiger partial charge in [-0.3, -0.25) is 9.59 Å². The Morgan fingerprint density at radius 1 is 0.929 bits per heavy atom. The van der Waals surface area contributed by atoms with Gasteiger partial charge in [-0.15, -0.1) is 0 Å². The lowest BCUT2D eigenvalue weighted by Gasteiger charge is -2.12. The molecule has 4 rings (SSSR count). The Labute approximate surface area is 161 Å². The number of carbonyl (C=O) groups is 2. The van der Waals surface area contributed by atoms with Crippen LogP contribution in [0, 0.1) is 11.8 Å². The van der Waals surface area contributed by atoms with Gasteiger partial charge >= 0.3 is 0 Å². The third-order valence-electron chi connectivity index (χ3n) is 4.77. The fourth-order valence-corrected chi connectivity index (χ4v) is 3.12. The average molecular weight is 384 g/mol. The van der Waals surface area contributed by atoms with Gasteiger partial charge < -0.3 is 29.6 Å². The van der Waals surface area contributed by atoms with E-state index in [9.17, 15) is 9.59 Å². The molecule has 2 aromatic rings. The van der Waals surface area contributed by atoms with Crippen LogP contribution in [0.3, 0.4) is 0 Å². The summed E-state index contributed by atoms with van der Waals surface area (Å²) in [7, 11) is 3.07. The lowest BCUT2D eigenvalue weighted by Crippen LogP contribution is -2.20. The summed E-state index contributed by atoms with van der Waals surface area (Å²) in [6.07, 6.45) is 0.495. The van der Waals surface area contributed by atoms with Gasteiger partial charge in [0, 0.05) is 17.8 Å². The van der Waals surface area contributed by atoms with E-state index in [1.807, 2.05) is 0 Å². The van der Waals surface area contributed by atoms with Crippen molar-refractivity contribution in [3.8, 4) is 23.0 Å². The van der Waals surface area contributed by atoms with Gasteiger partial charge in [-0.2, -0.15) is 0 Å². The molecule has 1 saturated carbocycles. The molecule has 8 heteroatoms. The predicted octanol–water partition coefficient (Wildman–Crippen LogP) is 2.65. The molecule has 2 amide bonds. The molecule has 2 N–H and O–H groups in total. The van der Waals surface area contributed by atoms with Crippen LogP contribution in [0.4, 0.5) is 11.4 Å². The molecule has 2 unspecified atom stereocenters. The summed E-state index contributed by atoms with van der Waals surface area (Å²) in [6, 6.07) is 10.3. The predicted molar refractivity (Wildman–Crippen MR) is 101 cm³/mol. The van der Waals surface area contributed by atoms with Crippen LogP contribution in [0.15, 0.2) is 36.4 Å². The van der Waals surface area contributed by atoms with Crippen LogP contribution in [0.25, 0.3) is 0 Å². The van der Waals surface area contributed by atoms with Crippen molar-refractivity contribution in [2.45, 2.75) is 6.42 Å². The number of fused-ring (bicyclic) bond motifs is 1. The van der Waals surface area contributed by atoms with E-state index in [0.717, 1.165) is 0 Å². The molecule has 146 valence electrons. The van der Waals surface area contributed by atoms with E-state index < -0.39 is 0 Å². The van der Waals surface area contributed by atoms with Crippen molar-refractivity contribution >= 4 is 23.2 Å². The number of carbonyl (C=O) groups excluding carboxylic acids is 2. The maximum atomic E-state index is 12.5. The Morgan fingerprint density at radius 2 is 1.68 bits per heavy atom. The van der Waals surface area contributed by atoms with E-state index in [2.05, 4.69) is 10.6 Å². The van der Waals surface area contributed by atoms with Gasteiger partial charge in [0.2, 0.25) is 18.6 Å². The molecule has 0 radical (unpaired) electrons. The summed E-state index contributed by atoms with van der Waals surface area (Å²) in [5, 5.41) is 5.64. The monoisotopic (exact) mass is 384 g/mol. The van der Waals surface area contributed by atoms with Crippen molar-refractivity contribution < 1.29 is 28.5 Å². The first-order chi connectivity index (χ1) is 13.6. The van der Waals surface area contributed by atoms with Crippen molar-refractivity contribution in [3.05, 3.63) is 36.4 Å². The van der Waals surface area contributed by atoms with Gasteiger partial charge in [0.15, 0.2) is 11.5 Å². The summed E-state index contributed by atoms with van der Waals surface area (Å²) in [5.41, 5.74) is 1.11. The summed E-state index contributed by atoms with van der Waals surface area (Å²) in [5.74, 6) is 1.18. The van der Waals surface area contributed by atoms with Crippen molar-refractivity contribution in [2.24, 2.45) is 11.8 Å². The second-order valence-corrected chi connectivity index (χ2v) is 6.56. The van der Waals surface area contributed by atoms with Crippen LogP contribution in [0.2, 0.25) is 0 Å². The van der Waals surface area contributed by atoms with Crippen LogP contribution in [0.5, 0.6) is 23.0 Å². The zero-order valence-corrected chi connectivity index (χ0v) is 15.5. The highest BCUT2D eigenvalue weighted by atomic mass is 16.7. The van der Waals surface area contributed by atoms with E-state index in [0.29, 0.717) is 40.8 Å². The van der Waals surface area contributed by atoms with Gasteiger partial charge in [-0.25, -0.2) is 0 Å². The number of methoxy groups -OCH3 is 2. The zero-order chi connectivity index (χ0) is 19.7. The molecular formula is C20H20N2O6. The summed E-state index contributed by atoms with van der Waals surface area (Å²) >= 11 is 0. The summed E-state index contributed by atoms with van der Waals surface area (Å²) in [6.45, 7) is 0.172. The SMILES string of the molecule is COc1ccc(OC)c(NC(=O)C2CC2C(=O)Nc2ccc3c(c2)OCO3)c1. The molecular weight excluding hydrogens is 364 g/mol. The number of rotatable bonds is 6. The molecule has 0 bridgehead atoms. The zero-order valence-electron chi connectivity index (χ0n) is 15.5. The van der Waals surface area contributed by atoms with Crippen LogP contribution >= 0.6 is 0 Å². The third kappa shape index (κ3) is 3.53. The minimum Gasteiger partial charge on any atom is -0.497 e. The molecule has 1 aliphatic heterocycles. The Bertz CT molecular complexity index is 929. The summed E-state index contributed by atoms with van der Waals surface area (Å²) < 4.78 is 21.0. The highest BCUT2D eigenvalue weighted by molar-refractivity contribution is 6.03. The Balaban J connectivity index is 1.37. The molecule has 28 heavy (non-hydrogen) atoms. The Hall–Kier alpha value is -3.42. The second kappa shape index (κ2) is 7.30. The molecule has 0 saturated heterocycles. The Morgan fingerprint density at radius 3 is 2.43 bits per heavy atom. The molecule has 8 nitrogen and oxygen atoms in total. The minimum absolute atomic E-state index is 0.172. The second-order valence-electron chi connectivity index (χ2n) is 6.56. The van der Waals surface area contributed by atoms with E-state index in [1.165, 1.54) is 7.11 Å². The fraction of sp³-hybridized carbons (Fsp3) is 0.300. The third-order valence-corrected chi connectivity index (χ3v) is 4.77. The molecule has 1 heterocycles. The quantitative estimate of drug-likeness (QED) is 0.795. The van der Waals surface area contributed by atoms with E-state index in [1.54, 1.807) is 43.5 Å². The van der Waals surface area contributed by atoms with Crippen LogP contribution in [-0.2, 0) is 9.59 Å². The number of benzene rings is 2. The highest BCUT2D eigenvalue weighted by Gasteiger charge is 2.48. The number of hydrogen-bond donors (Lipinski definition) is 2. The lowest BCUT2D eigenvalue weighted by molar-refractivity contribution is -0.122. The van der Waals surface area contributed by atoms with E-state index in [4.69, 9.17) is 18.9 Å². The van der Waals surface area contributed by atoms with Crippen molar-refractivity contribution in [3.63, 3.8) is 0 Å².